The van der Waals surface area contributed by atoms with Crippen LogP contribution in [0, 0.1) is 0 Å². The number of aliphatic hydroxyl groups is 2. The van der Waals surface area contributed by atoms with Crippen LogP contribution in [0.5, 0.6) is 0 Å². The Morgan fingerprint density at radius 2 is 0.452 bits per heavy atom. The summed E-state index contributed by atoms with van der Waals surface area (Å²) in [6.45, 7) is 2.23. The van der Waals surface area contributed by atoms with Gasteiger partial charge in [-0.25, -0.2) is 9.13 Å². The van der Waals surface area contributed by atoms with Crippen LogP contribution in [-0.4, -0.2) is 95.9 Å². The SMILES string of the molecule is CC/C=C\C/C=C\C/C=C\C/C=C\C/C=C\C/C=C\CCCCCCCCCCCCCCCCCCC(=O)OCC(O)COP(=O)(O)OCC(O)COP(=O)(O)OCC(COC(=O)CCCCCCCC/C=C\C/C=C\C/C=C\C/C=C\C/C=C\C/C=C\CC)OC(=O)CC/C=C\C/C=C\C/C=C\C/C=C\C/C=C\C/C=C\CC. The molecule has 0 rings (SSSR count). The van der Waals surface area contributed by atoms with Crippen LogP contribution in [0.25, 0.3) is 0 Å². The number of unbranched alkanes of at least 4 members (excludes halogenated alkanes) is 22. The molecule has 0 saturated heterocycles. The summed E-state index contributed by atoms with van der Waals surface area (Å²) in [4.78, 5) is 58.8. The molecule has 0 spiro atoms. The summed E-state index contributed by atoms with van der Waals surface area (Å²) in [5, 5.41) is 20.7. The minimum Gasteiger partial charge on any atom is -0.463 e. The summed E-state index contributed by atoms with van der Waals surface area (Å²) in [5.41, 5.74) is 0. The predicted molar refractivity (Wildman–Crippen MR) is 481 cm³/mol. The van der Waals surface area contributed by atoms with E-state index in [2.05, 4.69) is 221 Å². The second-order valence-corrected chi connectivity index (χ2v) is 31.5. The summed E-state index contributed by atoms with van der Waals surface area (Å²) in [6.07, 6.45) is 119. The lowest BCUT2D eigenvalue weighted by molar-refractivity contribution is -0.161. The van der Waals surface area contributed by atoms with E-state index in [1.54, 1.807) is 0 Å². The van der Waals surface area contributed by atoms with Crippen LogP contribution in [0.3, 0.4) is 0 Å². The number of phosphoric ester groups is 2. The van der Waals surface area contributed by atoms with Crippen LogP contribution < -0.4 is 0 Å². The van der Waals surface area contributed by atoms with Gasteiger partial charge in [0.2, 0.25) is 0 Å². The Balaban J connectivity index is 4.59. The van der Waals surface area contributed by atoms with Crippen LogP contribution >= 0.6 is 15.6 Å². The first-order valence-corrected chi connectivity index (χ1v) is 47.0. The molecule has 5 atom stereocenters. The lowest BCUT2D eigenvalue weighted by Crippen LogP contribution is -2.29. The molecule has 0 aliphatic rings. The van der Waals surface area contributed by atoms with E-state index in [-0.39, 0.29) is 19.3 Å². The molecule has 0 amide bonds. The molecule has 0 radical (unpaired) electrons. The van der Waals surface area contributed by atoms with Gasteiger partial charge in [0.1, 0.15) is 25.4 Å². The van der Waals surface area contributed by atoms with Crippen molar-refractivity contribution < 1.29 is 75.8 Å². The highest BCUT2D eigenvalue weighted by Crippen LogP contribution is 2.45. The zero-order valence-electron chi connectivity index (χ0n) is 71.4. The second-order valence-electron chi connectivity index (χ2n) is 28.5. The molecule has 16 nitrogen and oxygen atoms in total. The van der Waals surface area contributed by atoms with Crippen molar-refractivity contribution in [2.75, 3.05) is 39.6 Å². The van der Waals surface area contributed by atoms with E-state index in [1.807, 2.05) is 18.2 Å². The number of carbonyl (C=O) groups is 3. The van der Waals surface area contributed by atoms with Crippen LogP contribution in [0.2, 0.25) is 0 Å². The molecule has 115 heavy (non-hydrogen) atoms. The van der Waals surface area contributed by atoms with Crippen molar-refractivity contribution in [1.29, 1.82) is 0 Å². The van der Waals surface area contributed by atoms with Gasteiger partial charge in [-0.2, -0.15) is 0 Å². The van der Waals surface area contributed by atoms with Crippen molar-refractivity contribution in [2.24, 2.45) is 0 Å². The average Bonchev–Trinajstić information content (AvgIpc) is 0.902. The highest BCUT2D eigenvalue weighted by molar-refractivity contribution is 7.47. The Bertz CT molecular complexity index is 2970. The number of aliphatic hydroxyl groups excluding tert-OH is 2. The van der Waals surface area contributed by atoms with Gasteiger partial charge in [0.25, 0.3) is 0 Å². The topological polar surface area (TPSA) is 231 Å². The molecule has 0 aromatic carbocycles. The fourth-order valence-corrected chi connectivity index (χ4v) is 12.7. The third-order valence-electron chi connectivity index (χ3n) is 17.7. The van der Waals surface area contributed by atoms with Gasteiger partial charge in [0, 0.05) is 19.3 Å². The first-order valence-electron chi connectivity index (χ1n) is 44.0. The summed E-state index contributed by atoms with van der Waals surface area (Å²) in [7, 11) is -9.85. The zero-order chi connectivity index (χ0) is 83.6. The Hall–Kier alpha value is -6.13. The van der Waals surface area contributed by atoms with Crippen molar-refractivity contribution in [3.63, 3.8) is 0 Å². The number of esters is 3. The van der Waals surface area contributed by atoms with Gasteiger partial charge in [-0.3, -0.25) is 32.5 Å². The Kier molecular flexibility index (Phi) is 82.5. The Morgan fingerprint density at radius 1 is 0.243 bits per heavy atom. The van der Waals surface area contributed by atoms with E-state index in [1.165, 1.54) is 83.5 Å². The lowest BCUT2D eigenvalue weighted by Gasteiger charge is -2.21. The number of allylic oxidation sites excluding steroid dienone is 36. The van der Waals surface area contributed by atoms with Crippen LogP contribution in [0.1, 0.15) is 316 Å². The van der Waals surface area contributed by atoms with E-state index >= 15 is 0 Å². The number of hydrogen-bond acceptors (Lipinski definition) is 14. The molecule has 18 heteroatoms. The minimum absolute atomic E-state index is 0.0325. The van der Waals surface area contributed by atoms with E-state index in [4.69, 9.17) is 32.3 Å². The normalized spacial score (nSPS) is 14.9. The maximum atomic E-state index is 13.0. The molecule has 0 fully saturated rings. The first kappa shape index (κ1) is 109. The van der Waals surface area contributed by atoms with Gasteiger partial charge in [-0.05, 0) is 161 Å². The van der Waals surface area contributed by atoms with Gasteiger partial charge >= 0.3 is 33.6 Å². The molecule has 650 valence electrons. The third kappa shape index (κ3) is 88.5. The number of ether oxygens (including phenoxy) is 3. The third-order valence-corrected chi connectivity index (χ3v) is 19.6. The van der Waals surface area contributed by atoms with Gasteiger partial charge in [0.15, 0.2) is 6.10 Å². The molecular weight excluding hydrogens is 1480 g/mol. The Labute approximate surface area is 698 Å². The second kappa shape index (κ2) is 87.2. The van der Waals surface area contributed by atoms with E-state index in [9.17, 15) is 43.5 Å². The van der Waals surface area contributed by atoms with Crippen LogP contribution in [0.4, 0.5) is 0 Å². The van der Waals surface area contributed by atoms with E-state index < -0.39 is 91.5 Å². The highest BCUT2D eigenvalue weighted by Gasteiger charge is 2.29. The van der Waals surface area contributed by atoms with E-state index in [0.717, 1.165) is 167 Å². The van der Waals surface area contributed by atoms with Gasteiger partial charge in [0.05, 0.1) is 26.4 Å². The molecule has 0 heterocycles. The smallest absolute Gasteiger partial charge is 0.463 e. The predicted octanol–water partition coefficient (Wildman–Crippen LogP) is 27.0. The monoisotopic (exact) mass is 1640 g/mol. The minimum atomic E-state index is -4.97. The number of phosphoric acid groups is 2. The van der Waals surface area contributed by atoms with Crippen LogP contribution in [0.15, 0.2) is 219 Å². The fourth-order valence-electron chi connectivity index (χ4n) is 11.1. The van der Waals surface area contributed by atoms with Gasteiger partial charge in [-0.15, -0.1) is 0 Å². The molecule has 0 aliphatic heterocycles. The summed E-state index contributed by atoms with van der Waals surface area (Å²) >= 11 is 0. The largest absolute Gasteiger partial charge is 0.472 e. The quantitative estimate of drug-likeness (QED) is 0.0146. The molecule has 0 aliphatic carbocycles. The van der Waals surface area contributed by atoms with Crippen molar-refractivity contribution in [3.05, 3.63) is 219 Å². The Morgan fingerprint density at radius 3 is 0.722 bits per heavy atom. The van der Waals surface area contributed by atoms with Crippen molar-refractivity contribution in [3.8, 4) is 0 Å². The van der Waals surface area contributed by atoms with Crippen molar-refractivity contribution in [1.82, 2.24) is 0 Å². The maximum absolute atomic E-state index is 13.0. The van der Waals surface area contributed by atoms with Crippen molar-refractivity contribution >= 4 is 33.6 Å². The average molecular weight is 1640 g/mol. The highest BCUT2D eigenvalue weighted by atomic mass is 31.2. The zero-order valence-corrected chi connectivity index (χ0v) is 73.2. The number of hydrogen-bond donors (Lipinski definition) is 4. The van der Waals surface area contributed by atoms with Crippen molar-refractivity contribution in [2.45, 2.75) is 334 Å². The molecule has 4 N–H and O–H groups in total. The molecule has 0 bridgehead atoms. The van der Waals surface area contributed by atoms with E-state index in [0.29, 0.717) is 25.7 Å². The van der Waals surface area contributed by atoms with Gasteiger partial charge < -0.3 is 34.2 Å². The summed E-state index contributed by atoms with van der Waals surface area (Å²) in [5.74, 6) is -1.70. The summed E-state index contributed by atoms with van der Waals surface area (Å²) in [6, 6.07) is 0. The number of carbonyl (C=O) groups excluding carboxylic acids is 3. The fraction of sp³-hybridized carbons (Fsp3) is 0.598. The van der Waals surface area contributed by atoms with Crippen LogP contribution in [-0.2, 0) is 55.8 Å². The van der Waals surface area contributed by atoms with Gasteiger partial charge in [-0.1, -0.05) is 355 Å². The molecule has 0 saturated carbocycles. The molecule has 0 aromatic rings. The summed E-state index contributed by atoms with van der Waals surface area (Å²) < 4.78 is 61.2. The lowest BCUT2D eigenvalue weighted by atomic mass is 10.0. The standard InChI is InChI=1S/C97H156O16P2/c1-4-7-10-13-16-19-22-25-28-31-34-36-38-40-41-42-43-44-45-46-47-48-49-51-53-54-57-59-62-65-68-71-74-77-80-83-95(100)107-86-92(98)87-109-114(103,104)110-88-93(99)89-111-115(105,106)112-91-94(113-97(102)85-82-79-76-73-70-67-64-61-56-33-30-27-24-21-18-15-12-9-6-3)90-108-96(101)84-81-78-75-72-69-66-63-60-58-55-52-50-39-37-35-32-29-26-23-20-17-14-11-8-5-2/h7-12,16-21,25-30,34-37,40-41,43-44,50,52,56,58,60-61,67,70,76,79,92-94,98-99H,4-6,13-15,22-24,31-33,38-39,42,45-49,51,53-55,57,59,62-66,68-69,71-75,77-78,80-91H2,1-3H3,(H,103,104)(H,105,106)/b10-7-,11-8-,12-9-,19-16-,20-17-,21-18-,28-25-,29-26-,30-27-,36-34-,37-35-,41-40-,44-43-,52-50-,60-58-,61-56-,70-67-,79-76-. The number of rotatable bonds is 81. The molecule has 0 aromatic heterocycles. The molecular formula is C97H156O16P2. The molecule has 5 unspecified atom stereocenters. The first-order chi connectivity index (χ1) is 56.2. The maximum Gasteiger partial charge on any atom is 0.472 e.